The second-order valence-electron chi connectivity index (χ2n) is 11.9. The van der Waals surface area contributed by atoms with Crippen LogP contribution in [0.4, 0.5) is 0 Å². The lowest BCUT2D eigenvalue weighted by Crippen LogP contribution is -2.25. The average Bonchev–Trinajstić information content (AvgIpc) is 2.78. The van der Waals surface area contributed by atoms with Gasteiger partial charge in [0.25, 0.3) is 0 Å². The van der Waals surface area contributed by atoms with E-state index in [1.54, 1.807) is 0 Å². The maximum atomic E-state index is 5.23. The van der Waals surface area contributed by atoms with Crippen LogP contribution in [0.3, 0.4) is 0 Å². The molecule has 0 amide bonds. The van der Waals surface area contributed by atoms with Gasteiger partial charge >= 0.3 is 0 Å². The average molecular weight is 454 g/mol. The lowest BCUT2D eigenvalue weighted by atomic mass is 9.66. The first-order valence-electron chi connectivity index (χ1n) is 13.5. The van der Waals surface area contributed by atoms with Crippen LogP contribution in [0.15, 0.2) is 60.7 Å². The minimum Gasteiger partial charge on any atom is -0.252 e. The molecule has 0 aliphatic heterocycles. The summed E-state index contributed by atoms with van der Waals surface area (Å²) in [6.07, 6.45) is 7.51. The summed E-state index contributed by atoms with van der Waals surface area (Å²) < 4.78 is 0. The highest BCUT2D eigenvalue weighted by molar-refractivity contribution is 5.82. The highest BCUT2D eigenvalue weighted by atomic mass is 14.7. The molecule has 1 fully saturated rings. The maximum Gasteiger partial charge on any atom is 0.0786 e. The lowest BCUT2D eigenvalue weighted by Gasteiger charge is -2.39. The van der Waals surface area contributed by atoms with Crippen molar-refractivity contribution in [2.24, 2.45) is 11.3 Å². The predicted molar refractivity (Wildman–Crippen MR) is 147 cm³/mol. The molecule has 1 aliphatic carbocycles. The molecule has 0 radical (unpaired) electrons. The number of aryl methyl sites for hydroxylation is 1. The number of pyridine rings is 1. The molecule has 0 spiro atoms. The van der Waals surface area contributed by atoms with Gasteiger partial charge in [-0.05, 0) is 78.0 Å². The van der Waals surface area contributed by atoms with E-state index >= 15 is 0 Å². The fraction of sp³-hybridized carbons (Fsp3) is 0.485. The molecule has 180 valence electrons. The second kappa shape index (κ2) is 10.5. The Hall–Kier alpha value is -2.41. The quantitative estimate of drug-likeness (QED) is 0.331. The second-order valence-corrected chi connectivity index (χ2v) is 11.9. The van der Waals surface area contributed by atoms with Gasteiger partial charge in [-0.25, -0.2) is 0 Å². The molecule has 0 bridgehead atoms. The SMILES string of the molecule is CCCc1ccc(-c2cccc(C3CCC3CCC(C)(C)C)c2)c(-c2ccccc2C(C)C)n1. The molecule has 2 aromatic carbocycles. The van der Waals surface area contributed by atoms with Gasteiger partial charge in [-0.2, -0.15) is 0 Å². The van der Waals surface area contributed by atoms with E-state index in [9.17, 15) is 0 Å². The molecule has 0 N–H and O–H groups in total. The molecule has 0 saturated heterocycles. The number of benzene rings is 2. The topological polar surface area (TPSA) is 12.9 Å². The number of rotatable bonds is 8. The highest BCUT2D eigenvalue weighted by Gasteiger charge is 2.32. The van der Waals surface area contributed by atoms with E-state index in [1.165, 1.54) is 59.2 Å². The van der Waals surface area contributed by atoms with Crippen LogP contribution >= 0.6 is 0 Å². The Balaban J connectivity index is 1.72. The normalized spacial score (nSPS) is 18.2. The zero-order valence-corrected chi connectivity index (χ0v) is 22.2. The molecule has 1 heterocycles. The van der Waals surface area contributed by atoms with Crippen molar-refractivity contribution in [2.75, 3.05) is 0 Å². The van der Waals surface area contributed by atoms with Gasteiger partial charge in [-0.3, -0.25) is 4.98 Å². The Morgan fingerprint density at radius 1 is 0.912 bits per heavy atom. The fourth-order valence-corrected chi connectivity index (χ4v) is 5.46. The summed E-state index contributed by atoms with van der Waals surface area (Å²) >= 11 is 0. The van der Waals surface area contributed by atoms with Crippen LogP contribution < -0.4 is 0 Å². The number of hydrogen-bond donors (Lipinski definition) is 0. The number of aromatic nitrogens is 1. The van der Waals surface area contributed by atoms with Gasteiger partial charge in [-0.1, -0.05) is 103 Å². The Labute approximate surface area is 208 Å². The summed E-state index contributed by atoms with van der Waals surface area (Å²) in [5.74, 6) is 2.01. The van der Waals surface area contributed by atoms with Crippen LogP contribution in [0.25, 0.3) is 22.4 Å². The molecule has 34 heavy (non-hydrogen) atoms. The summed E-state index contributed by atoms with van der Waals surface area (Å²) in [5.41, 5.74) is 9.51. The van der Waals surface area contributed by atoms with E-state index in [2.05, 4.69) is 102 Å². The van der Waals surface area contributed by atoms with Crippen molar-refractivity contribution in [1.82, 2.24) is 4.98 Å². The molecular formula is C33H43N. The van der Waals surface area contributed by atoms with Crippen molar-refractivity contribution in [3.05, 3.63) is 77.5 Å². The summed E-state index contributed by atoms with van der Waals surface area (Å²) in [7, 11) is 0. The van der Waals surface area contributed by atoms with E-state index in [0.29, 0.717) is 17.3 Å². The first kappa shape index (κ1) is 24.7. The Morgan fingerprint density at radius 2 is 1.71 bits per heavy atom. The third-order valence-electron chi connectivity index (χ3n) is 7.61. The summed E-state index contributed by atoms with van der Waals surface area (Å²) in [4.78, 5) is 5.23. The monoisotopic (exact) mass is 453 g/mol. The molecule has 1 aromatic heterocycles. The van der Waals surface area contributed by atoms with Gasteiger partial charge in [0.1, 0.15) is 0 Å². The number of hydrogen-bond acceptors (Lipinski definition) is 1. The minimum atomic E-state index is 0.423. The Kier molecular flexibility index (Phi) is 7.60. The molecule has 1 aliphatic rings. The molecule has 1 saturated carbocycles. The van der Waals surface area contributed by atoms with Crippen LogP contribution in [0.2, 0.25) is 0 Å². The van der Waals surface area contributed by atoms with Crippen molar-refractivity contribution >= 4 is 0 Å². The molecule has 1 nitrogen and oxygen atoms in total. The first-order valence-corrected chi connectivity index (χ1v) is 13.5. The van der Waals surface area contributed by atoms with Crippen LogP contribution in [0.1, 0.15) is 102 Å². The van der Waals surface area contributed by atoms with Gasteiger partial charge in [-0.15, -0.1) is 0 Å². The largest absolute Gasteiger partial charge is 0.252 e. The fourth-order valence-electron chi connectivity index (χ4n) is 5.46. The minimum absolute atomic E-state index is 0.423. The van der Waals surface area contributed by atoms with Gasteiger partial charge in [0.05, 0.1) is 5.69 Å². The Bertz CT molecular complexity index is 1100. The molecule has 1 heteroatoms. The van der Waals surface area contributed by atoms with Crippen molar-refractivity contribution in [2.45, 2.75) is 91.9 Å². The van der Waals surface area contributed by atoms with Crippen LogP contribution in [0.5, 0.6) is 0 Å². The van der Waals surface area contributed by atoms with E-state index < -0.39 is 0 Å². The maximum absolute atomic E-state index is 5.23. The van der Waals surface area contributed by atoms with Gasteiger partial charge < -0.3 is 0 Å². The summed E-state index contributed by atoms with van der Waals surface area (Å²) in [6, 6.07) is 22.8. The van der Waals surface area contributed by atoms with Crippen LogP contribution in [-0.4, -0.2) is 4.98 Å². The smallest absolute Gasteiger partial charge is 0.0786 e. The molecule has 4 rings (SSSR count). The lowest BCUT2D eigenvalue weighted by molar-refractivity contribution is 0.204. The zero-order chi connectivity index (χ0) is 24.3. The van der Waals surface area contributed by atoms with E-state index in [0.717, 1.165) is 24.5 Å². The van der Waals surface area contributed by atoms with Gasteiger partial charge in [0.15, 0.2) is 0 Å². The third-order valence-corrected chi connectivity index (χ3v) is 7.61. The van der Waals surface area contributed by atoms with E-state index in [1.807, 2.05) is 0 Å². The van der Waals surface area contributed by atoms with Gasteiger partial charge in [0, 0.05) is 16.8 Å². The van der Waals surface area contributed by atoms with E-state index in [-0.39, 0.29) is 0 Å². The highest BCUT2D eigenvalue weighted by Crippen LogP contribution is 2.47. The van der Waals surface area contributed by atoms with E-state index in [4.69, 9.17) is 4.98 Å². The molecule has 2 atom stereocenters. The van der Waals surface area contributed by atoms with Gasteiger partial charge in [0.2, 0.25) is 0 Å². The van der Waals surface area contributed by atoms with Crippen molar-refractivity contribution < 1.29 is 0 Å². The summed E-state index contributed by atoms with van der Waals surface area (Å²) in [6.45, 7) is 13.9. The number of nitrogens with zero attached hydrogens (tertiary/aromatic N) is 1. The van der Waals surface area contributed by atoms with Crippen molar-refractivity contribution in [3.63, 3.8) is 0 Å². The summed E-state index contributed by atoms with van der Waals surface area (Å²) in [5, 5.41) is 0. The van der Waals surface area contributed by atoms with Crippen LogP contribution in [-0.2, 0) is 6.42 Å². The zero-order valence-electron chi connectivity index (χ0n) is 22.2. The van der Waals surface area contributed by atoms with Crippen LogP contribution in [0, 0.1) is 11.3 Å². The molecule has 2 unspecified atom stereocenters. The van der Waals surface area contributed by atoms with Crippen molar-refractivity contribution in [1.29, 1.82) is 0 Å². The standard InChI is InChI=1S/C33H43N/c1-7-11-27-17-19-30(32(34-27)31-15-9-8-14-28(31)23(2)3)26-13-10-12-25(22-26)29-18-16-24(29)20-21-33(4,5)6/h8-10,12-15,17,19,22-24,29H,7,11,16,18,20-21H2,1-6H3. The molecular weight excluding hydrogens is 410 g/mol. The van der Waals surface area contributed by atoms with Crippen molar-refractivity contribution in [3.8, 4) is 22.4 Å². The third kappa shape index (κ3) is 5.62. The first-order chi connectivity index (χ1) is 16.3. The Morgan fingerprint density at radius 3 is 2.38 bits per heavy atom. The predicted octanol–water partition coefficient (Wildman–Crippen LogP) is 9.81. The molecule has 3 aromatic rings.